The molecule has 0 N–H and O–H groups in total. The average Bonchev–Trinajstić information content (AvgIpc) is 2.36. The summed E-state index contributed by atoms with van der Waals surface area (Å²) in [6, 6.07) is 12.3. The summed E-state index contributed by atoms with van der Waals surface area (Å²) in [6.07, 6.45) is 0. The quantitative estimate of drug-likeness (QED) is 0.592. The molecule has 2 nitrogen and oxygen atoms in total. The highest BCUT2D eigenvalue weighted by Crippen LogP contribution is 2.27. The van der Waals surface area contributed by atoms with Crippen LogP contribution in [-0.2, 0) is 0 Å². The summed E-state index contributed by atoms with van der Waals surface area (Å²) in [5.74, 6) is -0.125. The molecule has 0 heterocycles. The van der Waals surface area contributed by atoms with Gasteiger partial charge in [-0.1, -0.05) is 24.3 Å². The predicted molar refractivity (Wildman–Crippen MR) is 72.5 cm³/mol. The van der Waals surface area contributed by atoms with Gasteiger partial charge < -0.3 is 0 Å². The highest BCUT2D eigenvalue weighted by Gasteiger charge is 2.28. The Hall–Kier alpha value is -1.49. The molecule has 2 aromatic rings. The molecule has 82 valence electrons. The Morgan fingerprint density at radius 3 is 1.88 bits per heavy atom. The number of carbonyl (C=O) groups is 2. The molecule has 0 saturated heterocycles. The predicted octanol–water partition coefficient (Wildman–Crippen LogP) is 3.07. The Balaban J connectivity index is 2.33. The Labute approximate surface area is 112 Å². The zero-order valence-corrected chi connectivity index (χ0v) is 10.9. The first kappa shape index (κ1) is 10.7. The molecule has 3 rings (SSSR count). The fraction of sp³-hybridized carbons (Fsp3) is 0. The van der Waals surface area contributed by atoms with E-state index in [9.17, 15) is 9.59 Å². The van der Waals surface area contributed by atoms with E-state index >= 15 is 0 Å². The van der Waals surface area contributed by atoms with Crippen molar-refractivity contribution in [1.82, 2.24) is 0 Å². The molecule has 0 aromatic heterocycles. The van der Waals surface area contributed by atoms with E-state index in [1.165, 1.54) is 0 Å². The Morgan fingerprint density at radius 2 is 1.24 bits per heavy atom. The molecule has 17 heavy (non-hydrogen) atoms. The minimum atomic E-state index is -0.0633. The fourth-order valence-electron chi connectivity index (χ4n) is 2.07. The summed E-state index contributed by atoms with van der Waals surface area (Å²) in [5, 5.41) is 0. The van der Waals surface area contributed by atoms with E-state index < -0.39 is 0 Å². The molecule has 0 radical (unpaired) electrons. The third-order valence-corrected chi connectivity index (χ3v) is 3.56. The largest absolute Gasteiger partial charge is 0.289 e. The van der Waals surface area contributed by atoms with E-state index in [4.69, 9.17) is 0 Å². The van der Waals surface area contributed by atoms with Gasteiger partial charge in [-0.15, -0.1) is 0 Å². The van der Waals surface area contributed by atoms with Crippen LogP contribution >= 0.6 is 22.6 Å². The van der Waals surface area contributed by atoms with Gasteiger partial charge in [-0.05, 0) is 40.8 Å². The van der Waals surface area contributed by atoms with Gasteiger partial charge >= 0.3 is 0 Å². The molecular formula is C14H7IO2. The van der Waals surface area contributed by atoms with Gasteiger partial charge in [0.1, 0.15) is 0 Å². The lowest BCUT2D eigenvalue weighted by atomic mass is 9.84. The first-order valence-electron chi connectivity index (χ1n) is 5.16. The summed E-state index contributed by atoms with van der Waals surface area (Å²) >= 11 is 2.14. The molecule has 0 aliphatic heterocycles. The molecule has 0 spiro atoms. The van der Waals surface area contributed by atoms with E-state index in [1.807, 2.05) is 6.07 Å². The first-order valence-corrected chi connectivity index (χ1v) is 6.24. The second kappa shape index (κ2) is 3.77. The maximum atomic E-state index is 12.3. The average molecular weight is 334 g/mol. The van der Waals surface area contributed by atoms with Crippen LogP contribution in [-0.4, -0.2) is 11.6 Å². The second-order valence-corrected chi connectivity index (χ2v) is 5.14. The number of hydrogen-bond acceptors (Lipinski definition) is 2. The van der Waals surface area contributed by atoms with Crippen molar-refractivity contribution in [2.45, 2.75) is 0 Å². The lowest BCUT2D eigenvalue weighted by molar-refractivity contribution is 0.0979. The zero-order chi connectivity index (χ0) is 12.0. The van der Waals surface area contributed by atoms with Crippen LogP contribution < -0.4 is 0 Å². The van der Waals surface area contributed by atoms with Crippen molar-refractivity contribution in [3.05, 3.63) is 68.3 Å². The van der Waals surface area contributed by atoms with Gasteiger partial charge in [0.15, 0.2) is 11.6 Å². The van der Waals surface area contributed by atoms with Crippen LogP contribution in [0.3, 0.4) is 0 Å². The van der Waals surface area contributed by atoms with E-state index in [1.54, 1.807) is 36.4 Å². The van der Waals surface area contributed by atoms with Gasteiger partial charge in [0.05, 0.1) is 0 Å². The van der Waals surface area contributed by atoms with Crippen molar-refractivity contribution in [2.24, 2.45) is 0 Å². The molecule has 2 aromatic carbocycles. The molecule has 0 saturated carbocycles. The van der Waals surface area contributed by atoms with Crippen molar-refractivity contribution in [3.8, 4) is 0 Å². The van der Waals surface area contributed by atoms with E-state index in [2.05, 4.69) is 22.6 Å². The van der Waals surface area contributed by atoms with Gasteiger partial charge in [0.25, 0.3) is 0 Å². The third-order valence-electron chi connectivity index (χ3n) is 2.89. The molecule has 0 atom stereocenters. The normalized spacial score (nSPS) is 13.2. The Kier molecular flexibility index (Phi) is 2.36. The smallest absolute Gasteiger partial charge is 0.194 e. The molecule has 3 heteroatoms. The SMILES string of the molecule is O=C1c2ccccc2C(=O)c2cc(I)ccc21. The fourth-order valence-corrected chi connectivity index (χ4v) is 2.56. The van der Waals surface area contributed by atoms with Gasteiger partial charge in [-0.25, -0.2) is 0 Å². The van der Waals surface area contributed by atoms with Crippen LogP contribution in [0.5, 0.6) is 0 Å². The van der Waals surface area contributed by atoms with E-state index in [0.717, 1.165) is 3.57 Å². The topological polar surface area (TPSA) is 34.1 Å². The van der Waals surface area contributed by atoms with Crippen molar-refractivity contribution in [3.63, 3.8) is 0 Å². The van der Waals surface area contributed by atoms with Crippen LogP contribution in [0.25, 0.3) is 0 Å². The molecule has 0 bridgehead atoms. The summed E-state index contributed by atoms with van der Waals surface area (Å²) in [7, 11) is 0. The van der Waals surface area contributed by atoms with Crippen LogP contribution in [0.4, 0.5) is 0 Å². The van der Waals surface area contributed by atoms with Crippen LogP contribution in [0.15, 0.2) is 42.5 Å². The molecule has 0 unspecified atom stereocenters. The third kappa shape index (κ3) is 1.53. The minimum Gasteiger partial charge on any atom is -0.289 e. The number of carbonyl (C=O) groups excluding carboxylic acids is 2. The zero-order valence-electron chi connectivity index (χ0n) is 8.74. The Morgan fingerprint density at radius 1 is 0.706 bits per heavy atom. The van der Waals surface area contributed by atoms with Crippen molar-refractivity contribution in [1.29, 1.82) is 0 Å². The summed E-state index contributed by atoms with van der Waals surface area (Å²) in [4.78, 5) is 24.5. The van der Waals surface area contributed by atoms with E-state index in [-0.39, 0.29) is 11.6 Å². The van der Waals surface area contributed by atoms with E-state index in [0.29, 0.717) is 22.3 Å². The number of hydrogen-bond donors (Lipinski definition) is 0. The van der Waals surface area contributed by atoms with Gasteiger partial charge in [-0.2, -0.15) is 0 Å². The van der Waals surface area contributed by atoms with Crippen molar-refractivity contribution >= 4 is 34.2 Å². The molecular weight excluding hydrogens is 327 g/mol. The Bertz CT molecular complexity index is 659. The van der Waals surface area contributed by atoms with Crippen LogP contribution in [0.1, 0.15) is 31.8 Å². The van der Waals surface area contributed by atoms with Crippen molar-refractivity contribution < 1.29 is 9.59 Å². The number of benzene rings is 2. The summed E-state index contributed by atoms with van der Waals surface area (Å²) < 4.78 is 0.960. The monoisotopic (exact) mass is 334 g/mol. The highest BCUT2D eigenvalue weighted by molar-refractivity contribution is 14.1. The second-order valence-electron chi connectivity index (χ2n) is 3.89. The standard InChI is InChI=1S/C14H7IO2/c15-8-5-6-11-12(7-8)14(17)10-4-2-1-3-9(10)13(11)16/h1-7H. The summed E-state index contributed by atoms with van der Waals surface area (Å²) in [5.41, 5.74) is 2.04. The minimum absolute atomic E-state index is 0.0614. The van der Waals surface area contributed by atoms with Gasteiger partial charge in [0, 0.05) is 25.8 Å². The number of ketones is 2. The lowest BCUT2D eigenvalue weighted by Crippen LogP contribution is -2.20. The first-order chi connectivity index (χ1) is 8.18. The maximum Gasteiger partial charge on any atom is 0.194 e. The van der Waals surface area contributed by atoms with Gasteiger partial charge in [-0.3, -0.25) is 9.59 Å². The van der Waals surface area contributed by atoms with Crippen LogP contribution in [0, 0.1) is 3.57 Å². The lowest BCUT2D eigenvalue weighted by Gasteiger charge is -2.17. The maximum absolute atomic E-state index is 12.3. The highest BCUT2D eigenvalue weighted by atomic mass is 127. The molecule has 1 aliphatic rings. The number of halogens is 1. The van der Waals surface area contributed by atoms with Gasteiger partial charge in [0.2, 0.25) is 0 Å². The number of fused-ring (bicyclic) bond motifs is 2. The number of rotatable bonds is 0. The van der Waals surface area contributed by atoms with Crippen molar-refractivity contribution in [2.75, 3.05) is 0 Å². The summed E-state index contributed by atoms with van der Waals surface area (Å²) in [6.45, 7) is 0. The molecule has 1 aliphatic carbocycles. The molecule has 0 fully saturated rings. The van der Waals surface area contributed by atoms with Crippen LogP contribution in [0.2, 0.25) is 0 Å². The molecule has 0 amide bonds.